The van der Waals surface area contributed by atoms with Crippen LogP contribution in [0.25, 0.3) is 0 Å². The van der Waals surface area contributed by atoms with Gasteiger partial charge in [0.15, 0.2) is 0 Å². The zero-order valence-corrected chi connectivity index (χ0v) is 17.1. The third-order valence-electron chi connectivity index (χ3n) is 4.84. The molecule has 3 atom stereocenters. The molecule has 7 nitrogen and oxygen atoms in total. The van der Waals surface area contributed by atoms with E-state index < -0.39 is 36.0 Å². The molecular weight excluding hydrogens is 376 g/mol. The molecule has 0 bridgehead atoms. The van der Waals surface area contributed by atoms with Crippen molar-refractivity contribution in [3.8, 4) is 0 Å². The number of rotatable bonds is 6. The maximum Gasteiger partial charge on any atom is 0.334 e. The van der Waals surface area contributed by atoms with Crippen molar-refractivity contribution in [2.45, 2.75) is 58.7 Å². The number of allylic oxidation sites excluding steroid dienone is 1. The fourth-order valence-electron chi connectivity index (χ4n) is 3.46. The Balaban J connectivity index is 2.38. The molecule has 0 N–H and O–H groups in total. The molecule has 29 heavy (non-hydrogen) atoms. The van der Waals surface area contributed by atoms with E-state index in [2.05, 4.69) is 6.58 Å². The van der Waals surface area contributed by atoms with Crippen molar-refractivity contribution in [3.05, 3.63) is 35.5 Å². The number of esters is 3. The summed E-state index contributed by atoms with van der Waals surface area (Å²) in [7, 11) is 0. The molecule has 0 spiro atoms. The van der Waals surface area contributed by atoms with E-state index in [1.807, 2.05) is 13.8 Å². The summed E-state index contributed by atoms with van der Waals surface area (Å²) in [5.74, 6) is -1.89. The molecule has 0 aromatic heterocycles. The van der Waals surface area contributed by atoms with E-state index in [4.69, 9.17) is 14.2 Å². The van der Waals surface area contributed by atoms with Crippen LogP contribution in [0.2, 0.25) is 0 Å². The quantitative estimate of drug-likeness (QED) is 0.221. The van der Waals surface area contributed by atoms with Gasteiger partial charge >= 0.3 is 17.9 Å². The Morgan fingerprint density at radius 1 is 1.38 bits per heavy atom. The van der Waals surface area contributed by atoms with Crippen molar-refractivity contribution >= 4 is 24.2 Å². The normalized spacial score (nSPS) is 28.3. The maximum atomic E-state index is 12.3. The average molecular weight is 404 g/mol. The summed E-state index contributed by atoms with van der Waals surface area (Å²) < 4.78 is 16.2. The van der Waals surface area contributed by atoms with Crippen LogP contribution in [0, 0.1) is 11.8 Å². The Morgan fingerprint density at radius 3 is 2.72 bits per heavy atom. The predicted molar refractivity (Wildman–Crippen MR) is 105 cm³/mol. The number of carbonyl (C=O) groups is 4. The Bertz CT molecular complexity index is 744. The van der Waals surface area contributed by atoms with Gasteiger partial charge < -0.3 is 14.2 Å². The lowest BCUT2D eigenvalue weighted by molar-refractivity contribution is -0.153. The smallest absolute Gasteiger partial charge is 0.334 e. The predicted octanol–water partition coefficient (Wildman–Crippen LogP) is 2.84. The molecule has 0 aromatic rings. The fraction of sp³-hybridized carbons (Fsp3) is 0.545. The van der Waals surface area contributed by atoms with Crippen LogP contribution < -0.4 is 0 Å². The van der Waals surface area contributed by atoms with Gasteiger partial charge in [0, 0.05) is 25.3 Å². The summed E-state index contributed by atoms with van der Waals surface area (Å²) in [6, 6.07) is 0. The summed E-state index contributed by atoms with van der Waals surface area (Å²) in [5, 5.41) is 0. The highest BCUT2D eigenvalue weighted by atomic mass is 16.6. The molecule has 0 amide bonds. The largest absolute Gasteiger partial charge is 0.461 e. The zero-order valence-electron chi connectivity index (χ0n) is 17.1. The number of fused-ring (bicyclic) bond motifs is 1. The SMILES string of the molecule is C=C1C(=O)O[C@@H]2/C=C(\COC(C)=O)CC/C=C(\C=O)C[C@@H](OC(=O)CC(C)C)[C@H]12. The molecule has 2 aliphatic rings. The lowest BCUT2D eigenvalue weighted by Gasteiger charge is -2.27. The highest BCUT2D eigenvalue weighted by Crippen LogP contribution is 2.36. The second-order valence-corrected chi connectivity index (χ2v) is 7.79. The third kappa shape index (κ3) is 6.41. The zero-order chi connectivity index (χ0) is 21.6. The summed E-state index contributed by atoms with van der Waals surface area (Å²) in [4.78, 5) is 47.3. The van der Waals surface area contributed by atoms with Crippen LogP contribution in [0.3, 0.4) is 0 Å². The first-order valence-corrected chi connectivity index (χ1v) is 9.77. The lowest BCUT2D eigenvalue weighted by atomic mass is 9.85. The summed E-state index contributed by atoms with van der Waals surface area (Å²) in [5.41, 5.74) is 1.44. The Hall–Kier alpha value is -2.70. The topological polar surface area (TPSA) is 96.0 Å². The summed E-state index contributed by atoms with van der Waals surface area (Å²) in [6.07, 6.45) is 4.27. The molecule has 1 heterocycles. The molecule has 0 saturated carbocycles. The molecule has 158 valence electrons. The van der Waals surface area contributed by atoms with Crippen LogP contribution in [-0.4, -0.2) is 43.0 Å². The first kappa shape index (κ1) is 22.6. The van der Waals surface area contributed by atoms with Gasteiger partial charge in [0.1, 0.15) is 25.1 Å². The van der Waals surface area contributed by atoms with Gasteiger partial charge in [0.2, 0.25) is 0 Å². The number of aldehydes is 1. The van der Waals surface area contributed by atoms with Gasteiger partial charge in [0.25, 0.3) is 0 Å². The maximum absolute atomic E-state index is 12.3. The van der Waals surface area contributed by atoms with Crippen molar-refractivity contribution in [1.29, 1.82) is 0 Å². The molecule has 0 unspecified atom stereocenters. The van der Waals surface area contributed by atoms with Crippen molar-refractivity contribution in [3.63, 3.8) is 0 Å². The van der Waals surface area contributed by atoms with E-state index in [0.717, 1.165) is 11.9 Å². The number of carbonyl (C=O) groups excluding carboxylic acids is 4. The van der Waals surface area contributed by atoms with E-state index in [1.165, 1.54) is 6.92 Å². The van der Waals surface area contributed by atoms with Crippen LogP contribution in [0.4, 0.5) is 0 Å². The monoisotopic (exact) mass is 404 g/mol. The fourth-order valence-corrected chi connectivity index (χ4v) is 3.46. The van der Waals surface area contributed by atoms with Gasteiger partial charge in [-0.15, -0.1) is 0 Å². The van der Waals surface area contributed by atoms with E-state index >= 15 is 0 Å². The van der Waals surface area contributed by atoms with Gasteiger partial charge in [-0.1, -0.05) is 26.5 Å². The molecular formula is C22H28O7. The minimum Gasteiger partial charge on any atom is -0.461 e. The second kappa shape index (κ2) is 10.2. The van der Waals surface area contributed by atoms with Crippen molar-refractivity contribution in [2.75, 3.05) is 6.61 Å². The molecule has 0 radical (unpaired) electrons. The van der Waals surface area contributed by atoms with Gasteiger partial charge in [-0.3, -0.25) is 14.4 Å². The summed E-state index contributed by atoms with van der Waals surface area (Å²) in [6.45, 7) is 9.01. The van der Waals surface area contributed by atoms with Gasteiger partial charge in [0.05, 0.1) is 5.92 Å². The van der Waals surface area contributed by atoms with Crippen molar-refractivity contribution in [1.82, 2.24) is 0 Å². The van der Waals surface area contributed by atoms with Crippen LogP contribution in [0.15, 0.2) is 35.5 Å². The molecule has 7 heteroatoms. The molecule has 0 aromatic carbocycles. The van der Waals surface area contributed by atoms with Gasteiger partial charge in [-0.25, -0.2) is 4.79 Å². The molecule has 1 aliphatic carbocycles. The van der Waals surface area contributed by atoms with E-state index in [9.17, 15) is 19.2 Å². The van der Waals surface area contributed by atoms with Gasteiger partial charge in [-0.2, -0.15) is 0 Å². The highest BCUT2D eigenvalue weighted by Gasteiger charge is 2.44. The van der Waals surface area contributed by atoms with Crippen molar-refractivity contribution in [2.24, 2.45) is 11.8 Å². The van der Waals surface area contributed by atoms with Crippen LogP contribution in [0.1, 0.15) is 46.5 Å². The number of hydrogen-bond acceptors (Lipinski definition) is 7. The third-order valence-corrected chi connectivity index (χ3v) is 4.84. The molecule has 2 rings (SSSR count). The highest BCUT2D eigenvalue weighted by molar-refractivity contribution is 5.91. The Labute approximate surface area is 170 Å². The molecule has 1 saturated heterocycles. The van der Waals surface area contributed by atoms with Crippen LogP contribution in [0.5, 0.6) is 0 Å². The van der Waals surface area contributed by atoms with E-state index in [-0.39, 0.29) is 30.9 Å². The Kier molecular flexibility index (Phi) is 7.93. The van der Waals surface area contributed by atoms with Crippen molar-refractivity contribution < 1.29 is 33.4 Å². The number of hydrogen-bond donors (Lipinski definition) is 0. The van der Waals surface area contributed by atoms with Crippen LogP contribution in [-0.2, 0) is 33.4 Å². The van der Waals surface area contributed by atoms with E-state index in [0.29, 0.717) is 18.4 Å². The number of ether oxygens (including phenoxy) is 3. The first-order valence-electron chi connectivity index (χ1n) is 9.77. The first-order chi connectivity index (χ1) is 13.7. The molecule has 1 fully saturated rings. The van der Waals surface area contributed by atoms with E-state index in [1.54, 1.807) is 12.2 Å². The summed E-state index contributed by atoms with van der Waals surface area (Å²) >= 11 is 0. The molecule has 1 aliphatic heterocycles. The van der Waals surface area contributed by atoms with Gasteiger partial charge in [-0.05, 0) is 36.0 Å². The van der Waals surface area contributed by atoms with Crippen LogP contribution >= 0.6 is 0 Å². The second-order valence-electron chi connectivity index (χ2n) is 7.79. The minimum absolute atomic E-state index is 0.0602. The Morgan fingerprint density at radius 2 is 2.10 bits per heavy atom. The minimum atomic E-state index is -0.758. The standard InChI is InChI=1S/C22H28O7/c1-13(2)8-20(25)28-18-9-16(11-23)6-5-7-17(12-27-15(4)24)10-19-21(18)14(3)22(26)29-19/h6,10-11,13,18-19,21H,3,5,7-9,12H2,1-2,4H3/b16-6-,17-10-/t18-,19-,21+/m1/s1. The average Bonchev–Trinajstić information content (AvgIpc) is 2.90. The lowest BCUT2D eigenvalue weighted by Crippen LogP contribution is -2.34.